The number of benzene rings is 1. The largest absolute Gasteiger partial charge is 0.482 e. The first-order valence-corrected chi connectivity index (χ1v) is 13.2. The molecule has 180 valence electrons. The third kappa shape index (κ3) is 6.71. The first-order valence-electron chi connectivity index (χ1n) is 13.2. The highest BCUT2D eigenvalue weighted by Crippen LogP contribution is 2.42. The number of carbonyl (C=O) groups excluding carboxylic acids is 1. The molecule has 33 heavy (non-hydrogen) atoms. The highest BCUT2D eigenvalue weighted by Gasteiger charge is 2.35. The summed E-state index contributed by atoms with van der Waals surface area (Å²) in [5.41, 5.74) is 2.64. The van der Waals surface area contributed by atoms with Crippen LogP contribution in [0.5, 0.6) is 0 Å². The van der Waals surface area contributed by atoms with Gasteiger partial charge < -0.3 is 4.74 Å². The van der Waals surface area contributed by atoms with E-state index < -0.39 is 0 Å². The molecule has 1 aromatic rings. The molecule has 3 unspecified atom stereocenters. The van der Waals surface area contributed by atoms with Gasteiger partial charge in [0.05, 0.1) is 0 Å². The van der Waals surface area contributed by atoms with Crippen molar-refractivity contribution in [2.45, 2.75) is 98.0 Å². The molecule has 0 aromatic heterocycles. The molecule has 3 rings (SSSR count). The van der Waals surface area contributed by atoms with Gasteiger partial charge >= 0.3 is 0 Å². The third-order valence-electron chi connectivity index (χ3n) is 7.44. The Kier molecular flexibility index (Phi) is 8.79. The van der Waals surface area contributed by atoms with E-state index in [4.69, 9.17) is 4.74 Å². The highest BCUT2D eigenvalue weighted by atomic mass is 16.5. The molecule has 0 saturated carbocycles. The minimum atomic E-state index is -0.336. The van der Waals surface area contributed by atoms with E-state index in [0.29, 0.717) is 11.1 Å². The van der Waals surface area contributed by atoms with Gasteiger partial charge in [0, 0.05) is 22.3 Å². The summed E-state index contributed by atoms with van der Waals surface area (Å²) in [5.74, 6) is 3.27. The lowest BCUT2D eigenvalue weighted by molar-refractivity contribution is 0.0866. The standard InChI is InChI=1S/C31H44O2/c1-22(2)12-9-13-23(3)14-10-15-24(4)16-11-20-31(6)21-19-26-25(5)29(32)27-17-7-8-18-28(27)30(26)33-31/h7-8,17-19,21-24H,5,9-16,20H2,1-4,6H3. The fraction of sp³-hybridized carbons (Fsp3) is 0.581. The highest BCUT2D eigenvalue weighted by molar-refractivity contribution is 6.18. The summed E-state index contributed by atoms with van der Waals surface area (Å²) in [6, 6.07) is 7.73. The van der Waals surface area contributed by atoms with Gasteiger partial charge in [-0.15, -0.1) is 0 Å². The minimum absolute atomic E-state index is 0.00395. The predicted octanol–water partition coefficient (Wildman–Crippen LogP) is 8.93. The van der Waals surface area contributed by atoms with E-state index in [9.17, 15) is 4.79 Å². The second-order valence-corrected chi connectivity index (χ2v) is 11.2. The second-order valence-electron chi connectivity index (χ2n) is 11.2. The van der Waals surface area contributed by atoms with Gasteiger partial charge in [-0.3, -0.25) is 4.79 Å². The van der Waals surface area contributed by atoms with Crippen LogP contribution in [0.4, 0.5) is 0 Å². The van der Waals surface area contributed by atoms with Crippen LogP contribution in [0.1, 0.15) is 108 Å². The molecule has 1 aliphatic heterocycles. The number of hydrogen-bond donors (Lipinski definition) is 0. The first-order chi connectivity index (χ1) is 15.7. The summed E-state index contributed by atoms with van der Waals surface area (Å²) in [7, 11) is 0. The number of Topliss-reactive ketones (excluding diaryl/α,β-unsaturated/α-hetero) is 1. The fourth-order valence-electron chi connectivity index (χ4n) is 5.17. The molecule has 2 nitrogen and oxygen atoms in total. The maximum absolute atomic E-state index is 12.7. The summed E-state index contributed by atoms with van der Waals surface area (Å²) in [4.78, 5) is 12.7. The lowest BCUT2D eigenvalue weighted by Crippen LogP contribution is -2.31. The maximum atomic E-state index is 12.7. The number of allylic oxidation sites excluding steroid dienone is 3. The van der Waals surface area contributed by atoms with Crippen molar-refractivity contribution >= 4 is 11.5 Å². The van der Waals surface area contributed by atoms with Crippen molar-refractivity contribution in [1.29, 1.82) is 0 Å². The van der Waals surface area contributed by atoms with Crippen molar-refractivity contribution in [3.63, 3.8) is 0 Å². The smallest absolute Gasteiger partial charge is 0.193 e. The fourth-order valence-corrected chi connectivity index (χ4v) is 5.17. The molecule has 0 N–H and O–H groups in total. The van der Waals surface area contributed by atoms with E-state index in [0.717, 1.165) is 47.5 Å². The van der Waals surface area contributed by atoms with Crippen LogP contribution in [0, 0.1) is 17.8 Å². The number of hydrogen-bond acceptors (Lipinski definition) is 2. The minimum Gasteiger partial charge on any atom is -0.482 e. The van der Waals surface area contributed by atoms with E-state index in [1.807, 2.05) is 24.3 Å². The molecule has 1 aliphatic carbocycles. The molecule has 0 fully saturated rings. The van der Waals surface area contributed by atoms with Crippen LogP contribution in [0.25, 0.3) is 5.76 Å². The maximum Gasteiger partial charge on any atom is 0.193 e. The number of carbonyl (C=O) groups is 1. The van der Waals surface area contributed by atoms with E-state index in [2.05, 4.69) is 53.3 Å². The van der Waals surface area contributed by atoms with Crippen molar-refractivity contribution in [2.24, 2.45) is 17.8 Å². The van der Waals surface area contributed by atoms with E-state index >= 15 is 0 Å². The van der Waals surface area contributed by atoms with E-state index in [1.165, 1.54) is 44.9 Å². The van der Waals surface area contributed by atoms with Crippen LogP contribution in [-0.2, 0) is 4.74 Å². The molecule has 1 heterocycles. The van der Waals surface area contributed by atoms with Gasteiger partial charge in [0.15, 0.2) is 5.78 Å². The molecule has 0 amide bonds. The predicted molar refractivity (Wildman–Crippen MR) is 140 cm³/mol. The molecule has 0 bridgehead atoms. The zero-order valence-electron chi connectivity index (χ0n) is 21.6. The Labute approximate surface area is 202 Å². The van der Waals surface area contributed by atoms with Crippen molar-refractivity contribution in [1.82, 2.24) is 0 Å². The Morgan fingerprint density at radius 1 is 0.879 bits per heavy atom. The van der Waals surface area contributed by atoms with Crippen molar-refractivity contribution in [3.8, 4) is 0 Å². The molecule has 0 radical (unpaired) electrons. The number of rotatable bonds is 12. The first kappa shape index (κ1) is 25.5. The van der Waals surface area contributed by atoms with Crippen LogP contribution < -0.4 is 0 Å². The average Bonchev–Trinajstić information content (AvgIpc) is 2.77. The topological polar surface area (TPSA) is 26.3 Å². The molecular formula is C31H44O2. The second kappa shape index (κ2) is 11.4. The molecule has 2 aliphatic rings. The van der Waals surface area contributed by atoms with Gasteiger partial charge in [0.25, 0.3) is 0 Å². The monoisotopic (exact) mass is 448 g/mol. The van der Waals surface area contributed by atoms with Gasteiger partial charge in [-0.1, -0.05) is 110 Å². The van der Waals surface area contributed by atoms with Crippen LogP contribution in [-0.4, -0.2) is 11.4 Å². The van der Waals surface area contributed by atoms with Crippen molar-refractivity contribution in [3.05, 3.63) is 65.3 Å². The summed E-state index contributed by atoms with van der Waals surface area (Å²) < 4.78 is 6.55. The number of ether oxygens (including phenoxy) is 1. The normalized spacial score (nSPS) is 21.6. The van der Waals surface area contributed by atoms with E-state index in [-0.39, 0.29) is 11.4 Å². The van der Waals surface area contributed by atoms with Crippen LogP contribution >= 0.6 is 0 Å². The molecule has 2 heteroatoms. The van der Waals surface area contributed by atoms with Crippen LogP contribution in [0.15, 0.2) is 54.1 Å². The molecule has 1 aromatic carbocycles. The summed E-state index contributed by atoms with van der Waals surface area (Å²) >= 11 is 0. The summed E-state index contributed by atoms with van der Waals surface area (Å²) in [5, 5.41) is 0. The summed E-state index contributed by atoms with van der Waals surface area (Å²) in [6.07, 6.45) is 15.7. The van der Waals surface area contributed by atoms with Gasteiger partial charge in [0.2, 0.25) is 0 Å². The van der Waals surface area contributed by atoms with Gasteiger partial charge in [0.1, 0.15) is 11.4 Å². The van der Waals surface area contributed by atoms with E-state index in [1.54, 1.807) is 0 Å². The Hall–Kier alpha value is -2.09. The number of ketones is 1. The Morgan fingerprint density at radius 2 is 1.45 bits per heavy atom. The van der Waals surface area contributed by atoms with Gasteiger partial charge in [-0.25, -0.2) is 0 Å². The Balaban J connectivity index is 1.44. The van der Waals surface area contributed by atoms with Crippen molar-refractivity contribution in [2.75, 3.05) is 0 Å². The zero-order valence-corrected chi connectivity index (χ0v) is 21.6. The molecular weight excluding hydrogens is 404 g/mol. The van der Waals surface area contributed by atoms with Gasteiger partial charge in [-0.2, -0.15) is 0 Å². The van der Waals surface area contributed by atoms with Gasteiger partial charge in [-0.05, 0) is 43.6 Å². The number of fused-ring (bicyclic) bond motifs is 2. The van der Waals surface area contributed by atoms with Crippen LogP contribution in [0.3, 0.4) is 0 Å². The van der Waals surface area contributed by atoms with Crippen LogP contribution in [0.2, 0.25) is 0 Å². The molecule has 0 spiro atoms. The Morgan fingerprint density at radius 3 is 2.09 bits per heavy atom. The molecule has 3 atom stereocenters. The third-order valence-corrected chi connectivity index (χ3v) is 7.44. The lowest BCUT2D eigenvalue weighted by Gasteiger charge is -2.36. The summed E-state index contributed by atoms with van der Waals surface area (Å²) in [6.45, 7) is 15.7. The Bertz CT molecular complexity index is 903. The average molecular weight is 449 g/mol. The zero-order chi connectivity index (χ0) is 24.0. The molecule has 0 saturated heterocycles. The lowest BCUT2D eigenvalue weighted by atomic mass is 9.82. The quantitative estimate of drug-likeness (QED) is 0.298. The SMILES string of the molecule is C=C1C(=O)c2ccccc2C2=C1C=CC(C)(CCCC(C)CCCC(C)CCCC(C)C)O2. The van der Waals surface area contributed by atoms with Crippen molar-refractivity contribution < 1.29 is 9.53 Å².